The Morgan fingerprint density at radius 1 is 1.20 bits per heavy atom. The zero-order chi connectivity index (χ0) is 2.00. The molecule has 3 radical (unpaired) electrons. The van der Waals surface area contributed by atoms with Gasteiger partial charge in [0.15, 0.2) is 0 Å². The van der Waals surface area contributed by atoms with E-state index in [9.17, 15) is 0 Å². The molecule has 19 valence electrons. The summed E-state index contributed by atoms with van der Waals surface area (Å²) in [4.78, 5) is 0. The molecule has 0 nitrogen and oxygen atoms in total. The summed E-state index contributed by atoms with van der Waals surface area (Å²) in [5.41, 5.74) is 0. The van der Waals surface area contributed by atoms with Crippen LogP contribution in [0.3, 0.4) is 0 Å². The topological polar surface area (TPSA) is 0 Å². The molecule has 5 heteroatoms. The fourth-order valence-electron chi connectivity index (χ4n) is 0. The Morgan fingerprint density at radius 3 is 1.20 bits per heavy atom. The molecule has 0 fully saturated rings. The molecule has 0 unspecified atom stereocenters. The molecular weight excluding hydrogens is 394 g/mol. The number of halogens is 2. The Balaban J connectivity index is -0.00000000167. The molecule has 0 N–H and O–H groups in total. The third-order valence-electron chi connectivity index (χ3n) is 0. The third-order valence-corrected chi connectivity index (χ3v) is 0. The Labute approximate surface area is 143 Å². The van der Waals surface area contributed by atoms with Gasteiger partial charge < -0.3 is 0 Å². The van der Waals surface area contributed by atoms with Crippen LogP contribution in [0, 0.1) is 35.6 Å². The average Bonchev–Trinajstić information content (AvgIpc) is 1.00. The summed E-state index contributed by atoms with van der Waals surface area (Å²) in [6.45, 7) is 0. The third kappa shape index (κ3) is 17.7. The van der Waals surface area contributed by atoms with Crippen LogP contribution in [-0.4, -0.2) is 87.8 Å². The maximum Gasteiger partial charge on any atom is 0.0341 e. The molecule has 0 spiro atoms. The van der Waals surface area contributed by atoms with Crippen molar-refractivity contribution in [3.8, 4) is 0 Å². The first-order chi connectivity index (χ1) is 1.00. The van der Waals surface area contributed by atoms with Gasteiger partial charge in [0.1, 0.15) is 0 Å². The van der Waals surface area contributed by atoms with Crippen LogP contribution in [0.25, 0.3) is 0 Å². The predicted molar refractivity (Wildman–Crippen MR) is 26.3 cm³/mol. The van der Waals surface area contributed by atoms with Crippen LogP contribution in [0.4, 0.5) is 0 Å². The van der Waals surface area contributed by atoms with Gasteiger partial charge >= 0.3 is 0 Å². The van der Waals surface area contributed by atoms with Gasteiger partial charge in [-0.25, -0.2) is 0 Å². The Morgan fingerprint density at radius 2 is 1.20 bits per heavy atom. The van der Waals surface area contributed by atoms with E-state index in [0.29, 0.717) is 0 Å². The first-order valence-corrected chi connectivity index (χ1v) is 2.23. The summed E-state index contributed by atoms with van der Waals surface area (Å²) in [7, 11) is 4.45. The van der Waals surface area contributed by atoms with Crippen molar-refractivity contribution in [1.82, 2.24) is 0 Å². The summed E-state index contributed by atoms with van der Waals surface area (Å²) in [6, 6.07) is 0. The van der Waals surface area contributed by atoms with Crippen LogP contribution < -0.4 is 0 Å². The van der Waals surface area contributed by atoms with Gasteiger partial charge in [-0.05, 0) is 10.1 Å². The van der Waals surface area contributed by atoms with Gasteiger partial charge in [-0.1, -0.05) is 0 Å². The van der Waals surface area contributed by atoms with E-state index in [1.165, 1.54) is 0 Å². The quantitative estimate of drug-likeness (QED) is 0.533. The SMILES string of the molecule is ClBr.[Cs].[La].[Li]. The minimum Gasteiger partial charge on any atom is -0.0341 e. The molecule has 0 saturated carbocycles. The fourth-order valence-corrected chi connectivity index (χ4v) is 0. The molecule has 0 heterocycles. The largest absolute Gasteiger partial charge is 0.0341 e. The van der Waals surface area contributed by atoms with Crippen LogP contribution in [0.15, 0.2) is 0 Å². The van der Waals surface area contributed by atoms with Crippen molar-refractivity contribution in [2.75, 3.05) is 0 Å². The normalized spacial score (nSPS) is 1.20. The first kappa shape index (κ1) is 22.6. The standard InChI is InChI=1S/BrCl.Cs.La.Li/c1-2;;;. The van der Waals surface area contributed by atoms with E-state index >= 15 is 0 Å². The van der Waals surface area contributed by atoms with Gasteiger partial charge in [0.2, 0.25) is 0 Å². The maximum absolute atomic E-state index is 4.45. The molecular formula is BrClCsLaLi. The summed E-state index contributed by atoms with van der Waals surface area (Å²) < 4.78 is 0. The summed E-state index contributed by atoms with van der Waals surface area (Å²) in [6.07, 6.45) is 0. The molecule has 0 atom stereocenters. The van der Waals surface area contributed by atoms with Gasteiger partial charge in [-0.15, -0.1) is 0 Å². The van der Waals surface area contributed by atoms with E-state index in [1.807, 2.05) is 0 Å². The van der Waals surface area contributed by atoms with Crippen molar-refractivity contribution < 1.29 is 35.6 Å². The first-order valence-electron chi connectivity index (χ1n) is 0.143. The van der Waals surface area contributed by atoms with Crippen molar-refractivity contribution in [1.29, 1.82) is 0 Å². The van der Waals surface area contributed by atoms with Crippen molar-refractivity contribution in [2.45, 2.75) is 0 Å². The van der Waals surface area contributed by atoms with Crippen LogP contribution in [0.5, 0.6) is 0 Å². The van der Waals surface area contributed by atoms with E-state index in [0.717, 1.165) is 0 Å². The van der Waals surface area contributed by atoms with Crippen molar-refractivity contribution >= 4 is 113 Å². The van der Waals surface area contributed by atoms with Gasteiger partial charge in [-0.3, -0.25) is 0 Å². The van der Waals surface area contributed by atoms with E-state index in [2.05, 4.69) is 25.1 Å². The number of hydrogen-bond donors (Lipinski definition) is 0. The van der Waals surface area contributed by atoms with Crippen molar-refractivity contribution in [3.05, 3.63) is 0 Å². The second-order valence-electron chi connectivity index (χ2n) is 0. The van der Waals surface area contributed by atoms with E-state index in [-0.39, 0.29) is 123 Å². The molecule has 0 aromatic carbocycles. The van der Waals surface area contributed by atoms with Crippen LogP contribution in [0.2, 0.25) is 0 Å². The minimum absolute atomic E-state index is 0. The zero-order valence-electron chi connectivity index (χ0n) is 3.33. The Hall–Kier alpha value is 4.61. The molecule has 0 saturated heterocycles. The van der Waals surface area contributed by atoms with E-state index in [1.54, 1.807) is 0 Å². The van der Waals surface area contributed by atoms with Crippen molar-refractivity contribution in [3.63, 3.8) is 0 Å². The average molecular weight is 394 g/mol. The zero-order valence-corrected chi connectivity index (χ0v) is 15.6. The molecule has 5 heavy (non-hydrogen) atoms. The smallest absolute Gasteiger partial charge is 0.0341 e. The van der Waals surface area contributed by atoms with Gasteiger partial charge in [0, 0.05) is 138 Å². The molecule has 0 rings (SSSR count). The van der Waals surface area contributed by atoms with E-state index < -0.39 is 0 Å². The monoisotopic (exact) mass is 393 g/mol. The summed E-state index contributed by atoms with van der Waals surface area (Å²) in [5, 5.41) is 0. The molecule has 0 aromatic rings. The molecule has 0 aliphatic heterocycles. The van der Waals surface area contributed by atoms with Crippen LogP contribution in [0.1, 0.15) is 0 Å². The number of rotatable bonds is 0. The van der Waals surface area contributed by atoms with Crippen molar-refractivity contribution in [2.24, 2.45) is 0 Å². The summed E-state index contributed by atoms with van der Waals surface area (Å²) >= 11 is 2.41. The van der Waals surface area contributed by atoms with Gasteiger partial charge in [-0.2, -0.15) is 0 Å². The Kier molecular flexibility index (Phi) is 106. The predicted octanol–water partition coefficient (Wildman–Crippen LogP) is 0.773. The molecule has 0 aliphatic carbocycles. The minimum atomic E-state index is 0. The molecule has 0 aromatic heterocycles. The summed E-state index contributed by atoms with van der Waals surface area (Å²) in [5.74, 6) is 0. The maximum atomic E-state index is 4.45. The van der Waals surface area contributed by atoms with Crippen LogP contribution >= 0.6 is 25.1 Å². The fraction of sp³-hybridized carbons (Fsp3) is 0. The number of hydrogen-bond acceptors (Lipinski definition) is 0. The molecule has 0 aliphatic rings. The van der Waals surface area contributed by atoms with E-state index in [4.69, 9.17) is 0 Å². The second kappa shape index (κ2) is 23.5. The van der Waals surface area contributed by atoms with Crippen LogP contribution in [-0.2, 0) is 0 Å². The van der Waals surface area contributed by atoms with Gasteiger partial charge in [0.05, 0.1) is 0 Å². The molecule has 0 bridgehead atoms. The Bertz CT molecular complexity index is 11.6. The van der Waals surface area contributed by atoms with Gasteiger partial charge in [0.25, 0.3) is 0 Å². The molecule has 0 amide bonds. The second-order valence-corrected chi connectivity index (χ2v) is 0.